The number of aromatic nitrogens is 1. The van der Waals surface area contributed by atoms with Gasteiger partial charge in [-0.05, 0) is 39.8 Å². The number of halogens is 3. The molecule has 0 aliphatic carbocycles. The fourth-order valence-corrected chi connectivity index (χ4v) is 3.14. The first kappa shape index (κ1) is 17.4. The minimum atomic E-state index is -4.37. The first-order chi connectivity index (χ1) is 11.0. The normalized spacial score (nSPS) is 19.7. The van der Waals surface area contributed by atoms with Crippen molar-refractivity contribution in [2.75, 3.05) is 0 Å². The van der Waals surface area contributed by atoms with E-state index in [0.717, 1.165) is 12.1 Å². The Morgan fingerprint density at radius 1 is 1.08 bits per heavy atom. The van der Waals surface area contributed by atoms with E-state index in [1.165, 1.54) is 17.4 Å². The second-order valence-electron chi connectivity index (χ2n) is 6.74. The minimum Gasteiger partial charge on any atom is -0.398 e. The van der Waals surface area contributed by atoms with Gasteiger partial charge in [-0.25, -0.2) is 4.98 Å². The molecule has 0 N–H and O–H groups in total. The van der Waals surface area contributed by atoms with Crippen LogP contribution >= 0.6 is 11.3 Å². The molecule has 3 nitrogen and oxygen atoms in total. The third-order valence-corrected chi connectivity index (χ3v) is 5.36. The highest BCUT2D eigenvalue weighted by Gasteiger charge is 2.52. The SMILES string of the molecule is CC1(C)OB(c2csc(-c3cccc(C(F)(F)F)c3)n2)OC1(C)C. The molecule has 128 valence electrons. The summed E-state index contributed by atoms with van der Waals surface area (Å²) in [6, 6.07) is 5.15. The summed E-state index contributed by atoms with van der Waals surface area (Å²) in [7, 11) is -0.620. The molecule has 0 amide bonds. The van der Waals surface area contributed by atoms with Gasteiger partial charge in [0.25, 0.3) is 0 Å². The Bertz CT molecular complexity index is 742. The maximum atomic E-state index is 12.8. The van der Waals surface area contributed by atoms with E-state index in [0.29, 0.717) is 16.2 Å². The smallest absolute Gasteiger partial charge is 0.398 e. The van der Waals surface area contributed by atoms with Gasteiger partial charge in [-0.2, -0.15) is 13.2 Å². The van der Waals surface area contributed by atoms with Gasteiger partial charge in [-0.3, -0.25) is 0 Å². The lowest BCUT2D eigenvalue weighted by Crippen LogP contribution is -2.41. The molecule has 1 aliphatic rings. The summed E-state index contributed by atoms with van der Waals surface area (Å²) in [6.07, 6.45) is -4.37. The van der Waals surface area contributed by atoms with Crippen LogP contribution in [0.4, 0.5) is 13.2 Å². The lowest BCUT2D eigenvalue weighted by molar-refractivity contribution is -0.137. The van der Waals surface area contributed by atoms with Gasteiger partial charge in [-0.1, -0.05) is 12.1 Å². The molecule has 0 radical (unpaired) electrons. The third-order valence-electron chi connectivity index (χ3n) is 4.45. The topological polar surface area (TPSA) is 31.4 Å². The minimum absolute atomic E-state index is 0.428. The van der Waals surface area contributed by atoms with Crippen LogP contribution in [-0.4, -0.2) is 23.3 Å². The van der Waals surface area contributed by atoms with Crippen molar-refractivity contribution in [2.24, 2.45) is 0 Å². The first-order valence-electron chi connectivity index (χ1n) is 7.48. The molecular weight excluding hydrogens is 338 g/mol. The average Bonchev–Trinajstić information content (AvgIpc) is 3.02. The van der Waals surface area contributed by atoms with Crippen molar-refractivity contribution in [3.05, 3.63) is 35.2 Å². The maximum absolute atomic E-state index is 12.8. The number of nitrogens with zero attached hydrogens (tertiary/aromatic N) is 1. The van der Waals surface area contributed by atoms with Crippen molar-refractivity contribution >= 4 is 24.0 Å². The van der Waals surface area contributed by atoms with Crippen LogP contribution in [0.15, 0.2) is 29.6 Å². The van der Waals surface area contributed by atoms with E-state index in [2.05, 4.69) is 4.98 Å². The highest BCUT2D eigenvalue weighted by Crippen LogP contribution is 2.37. The van der Waals surface area contributed by atoms with E-state index in [1.54, 1.807) is 11.4 Å². The number of hydrogen-bond donors (Lipinski definition) is 0. The predicted molar refractivity (Wildman–Crippen MR) is 88.3 cm³/mol. The van der Waals surface area contributed by atoms with Crippen LogP contribution in [0.3, 0.4) is 0 Å². The largest absolute Gasteiger partial charge is 0.515 e. The number of hydrogen-bond acceptors (Lipinski definition) is 4. The molecule has 0 atom stereocenters. The fraction of sp³-hybridized carbons (Fsp3) is 0.438. The second-order valence-corrected chi connectivity index (χ2v) is 7.60. The van der Waals surface area contributed by atoms with Crippen molar-refractivity contribution < 1.29 is 22.5 Å². The van der Waals surface area contributed by atoms with Gasteiger partial charge in [0.1, 0.15) is 5.01 Å². The van der Waals surface area contributed by atoms with E-state index in [1.807, 2.05) is 27.7 Å². The van der Waals surface area contributed by atoms with Gasteiger partial charge in [0, 0.05) is 10.9 Å². The van der Waals surface area contributed by atoms with Gasteiger partial charge in [0.05, 0.1) is 22.4 Å². The van der Waals surface area contributed by atoms with Gasteiger partial charge in [0.2, 0.25) is 0 Å². The van der Waals surface area contributed by atoms with Crippen molar-refractivity contribution in [1.82, 2.24) is 4.98 Å². The summed E-state index contributed by atoms with van der Waals surface area (Å²) in [5.74, 6) is 0. The maximum Gasteiger partial charge on any atom is 0.515 e. The monoisotopic (exact) mass is 355 g/mol. The summed E-state index contributed by atoms with van der Waals surface area (Å²) in [4.78, 5) is 4.42. The Kier molecular flexibility index (Phi) is 4.05. The molecule has 1 saturated heterocycles. The third kappa shape index (κ3) is 3.10. The molecule has 1 aromatic carbocycles. The molecule has 0 spiro atoms. The van der Waals surface area contributed by atoms with Crippen molar-refractivity contribution in [3.63, 3.8) is 0 Å². The van der Waals surface area contributed by atoms with Crippen molar-refractivity contribution in [2.45, 2.75) is 45.1 Å². The van der Waals surface area contributed by atoms with Crippen LogP contribution in [-0.2, 0) is 15.5 Å². The van der Waals surface area contributed by atoms with Gasteiger partial charge >= 0.3 is 13.3 Å². The highest BCUT2D eigenvalue weighted by molar-refractivity contribution is 7.14. The quantitative estimate of drug-likeness (QED) is 0.760. The predicted octanol–water partition coefficient (Wildman–Crippen LogP) is 4.13. The van der Waals surface area contributed by atoms with E-state index >= 15 is 0 Å². The number of thiazole rings is 1. The molecular formula is C16H17BF3NO2S. The van der Waals surface area contributed by atoms with Crippen LogP contribution in [0.1, 0.15) is 33.3 Å². The van der Waals surface area contributed by atoms with Gasteiger partial charge in [0.15, 0.2) is 0 Å². The number of benzene rings is 1. The van der Waals surface area contributed by atoms with Crippen LogP contribution in [0, 0.1) is 0 Å². The summed E-state index contributed by atoms with van der Waals surface area (Å²) in [5.41, 5.74) is -0.661. The summed E-state index contributed by atoms with van der Waals surface area (Å²) < 4.78 is 50.4. The van der Waals surface area contributed by atoms with Crippen LogP contribution in [0.5, 0.6) is 0 Å². The fourth-order valence-electron chi connectivity index (χ4n) is 2.32. The Morgan fingerprint density at radius 2 is 1.71 bits per heavy atom. The lowest BCUT2D eigenvalue weighted by Gasteiger charge is -2.32. The Balaban J connectivity index is 1.87. The molecule has 8 heteroatoms. The molecule has 1 aliphatic heterocycles. The van der Waals surface area contributed by atoms with Gasteiger partial charge < -0.3 is 9.31 Å². The van der Waals surface area contributed by atoms with Crippen molar-refractivity contribution in [1.29, 1.82) is 0 Å². The summed E-state index contributed by atoms with van der Waals surface area (Å²) >= 11 is 1.27. The zero-order chi connectivity index (χ0) is 17.8. The Labute approximate surface area is 143 Å². The average molecular weight is 355 g/mol. The highest BCUT2D eigenvalue weighted by atomic mass is 32.1. The van der Waals surface area contributed by atoms with E-state index in [9.17, 15) is 13.2 Å². The van der Waals surface area contributed by atoms with Crippen LogP contribution < -0.4 is 5.59 Å². The molecule has 0 saturated carbocycles. The molecule has 3 rings (SSSR count). The van der Waals surface area contributed by atoms with E-state index in [4.69, 9.17) is 9.31 Å². The van der Waals surface area contributed by atoms with Crippen molar-refractivity contribution in [3.8, 4) is 10.6 Å². The molecule has 24 heavy (non-hydrogen) atoms. The van der Waals surface area contributed by atoms with Crippen LogP contribution in [0.25, 0.3) is 10.6 Å². The molecule has 0 unspecified atom stereocenters. The van der Waals surface area contributed by atoms with Crippen LogP contribution in [0.2, 0.25) is 0 Å². The lowest BCUT2D eigenvalue weighted by atomic mass is 9.86. The molecule has 1 fully saturated rings. The molecule has 2 aromatic rings. The number of rotatable bonds is 2. The first-order valence-corrected chi connectivity index (χ1v) is 8.36. The van der Waals surface area contributed by atoms with Gasteiger partial charge in [-0.15, -0.1) is 11.3 Å². The summed E-state index contributed by atoms with van der Waals surface area (Å²) in [6.45, 7) is 7.75. The van der Waals surface area contributed by atoms with E-state index in [-0.39, 0.29) is 0 Å². The second kappa shape index (κ2) is 5.57. The Hall–Kier alpha value is -1.38. The zero-order valence-corrected chi connectivity index (χ0v) is 14.6. The summed E-state index contributed by atoms with van der Waals surface area (Å²) in [5, 5.41) is 2.27. The zero-order valence-electron chi connectivity index (χ0n) is 13.8. The standard InChI is InChI=1S/C16H17BF3NO2S/c1-14(2)15(3,4)23-17(22-14)12-9-24-13(21-12)10-6-5-7-11(8-10)16(18,19)20/h5-9H,1-4H3. The number of alkyl halides is 3. The Morgan fingerprint density at radius 3 is 2.29 bits per heavy atom. The molecule has 2 heterocycles. The van der Waals surface area contributed by atoms with E-state index < -0.39 is 30.1 Å². The molecule has 1 aromatic heterocycles. The molecule has 0 bridgehead atoms.